The zero-order chi connectivity index (χ0) is 22.3. The minimum absolute atomic E-state index is 0.180. The van der Waals surface area contributed by atoms with E-state index in [1.807, 2.05) is 41.8 Å². The van der Waals surface area contributed by atoms with Crippen molar-refractivity contribution in [3.63, 3.8) is 0 Å². The number of thiophene rings is 1. The van der Waals surface area contributed by atoms with Crippen LogP contribution in [0.15, 0.2) is 72.1 Å². The SMILES string of the molecule is O=C(Nc1ccc(OC(=O)C2CCCN(C(=O)Nc3ccccc3)C2)cc1)c1cccs1. The number of nitrogens with zero attached hydrogens (tertiary/aromatic N) is 1. The van der Waals surface area contributed by atoms with Gasteiger partial charge in [0.15, 0.2) is 0 Å². The molecule has 0 radical (unpaired) electrons. The Labute approximate surface area is 190 Å². The maximum absolute atomic E-state index is 12.7. The number of amides is 3. The monoisotopic (exact) mass is 449 g/mol. The minimum atomic E-state index is -0.386. The number of carbonyl (C=O) groups is 3. The van der Waals surface area contributed by atoms with E-state index in [1.165, 1.54) is 11.3 Å². The molecule has 0 saturated carbocycles. The van der Waals surface area contributed by atoms with E-state index >= 15 is 0 Å². The first-order valence-corrected chi connectivity index (χ1v) is 11.2. The molecular weight excluding hydrogens is 426 g/mol. The molecule has 1 unspecified atom stereocenters. The van der Waals surface area contributed by atoms with Crippen LogP contribution in [0.2, 0.25) is 0 Å². The Balaban J connectivity index is 1.30. The maximum Gasteiger partial charge on any atom is 0.321 e. The molecule has 1 atom stereocenters. The molecule has 1 fully saturated rings. The Kier molecular flexibility index (Phi) is 6.81. The second-order valence-electron chi connectivity index (χ2n) is 7.46. The minimum Gasteiger partial charge on any atom is -0.426 e. The number of nitrogens with one attached hydrogen (secondary N) is 2. The topological polar surface area (TPSA) is 87.7 Å². The zero-order valence-electron chi connectivity index (χ0n) is 17.3. The molecule has 1 saturated heterocycles. The average molecular weight is 450 g/mol. The lowest BCUT2D eigenvalue weighted by molar-refractivity contribution is -0.140. The number of piperidine rings is 1. The quantitative estimate of drug-likeness (QED) is 0.431. The standard InChI is InChI=1S/C24H23N3O4S/c28-22(21-9-5-15-32-21)25-19-10-12-20(13-11-19)31-23(29)17-6-4-14-27(16-17)24(30)26-18-7-2-1-3-8-18/h1-3,5,7-13,15,17H,4,6,14,16H2,(H,25,28)(H,26,30). The van der Waals surface area contributed by atoms with Crippen molar-refractivity contribution in [2.24, 2.45) is 5.92 Å². The molecule has 1 aliphatic rings. The van der Waals surface area contributed by atoms with Crippen LogP contribution in [0.4, 0.5) is 16.2 Å². The second kappa shape index (κ2) is 10.1. The first kappa shape index (κ1) is 21.6. The summed E-state index contributed by atoms with van der Waals surface area (Å²) in [5.74, 6) is -0.531. The molecule has 7 nitrogen and oxygen atoms in total. The van der Waals surface area contributed by atoms with Crippen LogP contribution in [0.5, 0.6) is 5.75 Å². The van der Waals surface area contributed by atoms with Crippen LogP contribution in [0, 0.1) is 5.92 Å². The third-order valence-corrected chi connectivity index (χ3v) is 6.01. The van der Waals surface area contributed by atoms with Gasteiger partial charge in [0.05, 0.1) is 10.8 Å². The number of carbonyl (C=O) groups excluding carboxylic acids is 3. The molecule has 32 heavy (non-hydrogen) atoms. The summed E-state index contributed by atoms with van der Waals surface area (Å²) >= 11 is 1.37. The van der Waals surface area contributed by atoms with Crippen LogP contribution >= 0.6 is 11.3 Å². The summed E-state index contributed by atoms with van der Waals surface area (Å²) in [6.07, 6.45) is 1.40. The van der Waals surface area contributed by atoms with Gasteiger partial charge in [-0.25, -0.2) is 4.79 Å². The van der Waals surface area contributed by atoms with Crippen molar-refractivity contribution < 1.29 is 19.1 Å². The molecule has 3 aromatic rings. The summed E-state index contributed by atoms with van der Waals surface area (Å²) in [5.41, 5.74) is 1.33. The lowest BCUT2D eigenvalue weighted by Gasteiger charge is -2.31. The van der Waals surface area contributed by atoms with Crippen LogP contribution in [0.25, 0.3) is 0 Å². The summed E-state index contributed by atoms with van der Waals surface area (Å²) in [5, 5.41) is 7.50. The van der Waals surface area contributed by atoms with Gasteiger partial charge in [0.1, 0.15) is 5.75 Å². The lowest BCUT2D eigenvalue weighted by atomic mass is 9.98. The van der Waals surface area contributed by atoms with Gasteiger partial charge < -0.3 is 20.3 Å². The van der Waals surface area contributed by atoms with Gasteiger partial charge in [-0.2, -0.15) is 0 Å². The van der Waals surface area contributed by atoms with Gasteiger partial charge in [0.25, 0.3) is 5.91 Å². The van der Waals surface area contributed by atoms with E-state index in [9.17, 15) is 14.4 Å². The predicted octanol–water partition coefficient (Wildman–Crippen LogP) is 4.85. The van der Waals surface area contributed by atoms with Crippen LogP contribution < -0.4 is 15.4 Å². The van der Waals surface area contributed by atoms with Gasteiger partial charge in [0, 0.05) is 24.5 Å². The highest BCUT2D eigenvalue weighted by molar-refractivity contribution is 7.12. The van der Waals surface area contributed by atoms with Gasteiger partial charge in [-0.3, -0.25) is 9.59 Å². The Morgan fingerprint density at radius 2 is 1.66 bits per heavy atom. The van der Waals surface area contributed by atoms with Crippen LogP contribution in [0.1, 0.15) is 22.5 Å². The Bertz CT molecular complexity index is 1070. The van der Waals surface area contributed by atoms with E-state index in [4.69, 9.17) is 4.74 Å². The molecule has 2 heterocycles. The van der Waals surface area contributed by atoms with E-state index in [-0.39, 0.29) is 23.8 Å². The first-order valence-electron chi connectivity index (χ1n) is 10.4. The number of hydrogen-bond acceptors (Lipinski definition) is 5. The van der Waals surface area contributed by atoms with E-state index < -0.39 is 0 Å². The predicted molar refractivity (Wildman–Crippen MR) is 124 cm³/mol. The van der Waals surface area contributed by atoms with Gasteiger partial charge in [-0.15, -0.1) is 11.3 Å². The van der Waals surface area contributed by atoms with Crippen molar-refractivity contribution in [2.75, 3.05) is 23.7 Å². The smallest absolute Gasteiger partial charge is 0.321 e. The molecule has 1 aromatic heterocycles. The number of esters is 1. The summed E-state index contributed by atoms with van der Waals surface area (Å²) in [6, 6.07) is 19.2. The lowest BCUT2D eigenvalue weighted by Crippen LogP contribution is -2.45. The van der Waals surface area contributed by atoms with Crippen molar-refractivity contribution in [1.29, 1.82) is 0 Å². The van der Waals surface area contributed by atoms with Crippen molar-refractivity contribution in [3.8, 4) is 5.75 Å². The molecule has 2 aromatic carbocycles. The molecule has 3 amide bonds. The van der Waals surface area contributed by atoms with E-state index in [1.54, 1.807) is 35.2 Å². The van der Waals surface area contributed by atoms with Crippen molar-refractivity contribution in [1.82, 2.24) is 4.90 Å². The molecule has 4 rings (SSSR count). The summed E-state index contributed by atoms with van der Waals surface area (Å²) in [6.45, 7) is 0.910. The number of ether oxygens (including phenoxy) is 1. The molecule has 2 N–H and O–H groups in total. The molecule has 0 aliphatic carbocycles. The number of rotatable bonds is 5. The fourth-order valence-corrected chi connectivity index (χ4v) is 4.10. The second-order valence-corrected chi connectivity index (χ2v) is 8.41. The molecule has 0 spiro atoms. The van der Waals surface area contributed by atoms with Crippen molar-refractivity contribution >= 4 is 40.6 Å². The highest BCUT2D eigenvalue weighted by Gasteiger charge is 2.30. The third-order valence-electron chi connectivity index (χ3n) is 5.14. The molecule has 164 valence electrons. The van der Waals surface area contributed by atoms with Crippen LogP contribution in [0.3, 0.4) is 0 Å². The number of para-hydroxylation sites is 1. The summed E-state index contributed by atoms with van der Waals surface area (Å²) in [4.78, 5) is 39.6. The van der Waals surface area contributed by atoms with Crippen molar-refractivity contribution in [2.45, 2.75) is 12.8 Å². The number of benzene rings is 2. The van der Waals surface area contributed by atoms with E-state index in [0.717, 1.165) is 6.42 Å². The van der Waals surface area contributed by atoms with E-state index in [2.05, 4.69) is 10.6 Å². The summed E-state index contributed by atoms with van der Waals surface area (Å²) < 4.78 is 5.52. The Morgan fingerprint density at radius 3 is 2.38 bits per heavy atom. The molecule has 0 bridgehead atoms. The maximum atomic E-state index is 12.7. The molecule has 8 heteroatoms. The largest absolute Gasteiger partial charge is 0.426 e. The average Bonchev–Trinajstić information content (AvgIpc) is 3.36. The number of likely N-dealkylation sites (tertiary alicyclic amines) is 1. The first-order chi connectivity index (χ1) is 15.6. The van der Waals surface area contributed by atoms with Gasteiger partial charge >= 0.3 is 12.0 Å². The van der Waals surface area contributed by atoms with Gasteiger partial charge in [0.2, 0.25) is 0 Å². The normalized spacial score (nSPS) is 15.6. The van der Waals surface area contributed by atoms with Crippen molar-refractivity contribution in [3.05, 3.63) is 77.0 Å². The van der Waals surface area contributed by atoms with Crippen LogP contribution in [-0.4, -0.2) is 35.9 Å². The number of urea groups is 1. The zero-order valence-corrected chi connectivity index (χ0v) is 18.1. The van der Waals surface area contributed by atoms with Crippen LogP contribution in [-0.2, 0) is 4.79 Å². The van der Waals surface area contributed by atoms with E-state index in [0.29, 0.717) is 41.5 Å². The molecule has 1 aliphatic heterocycles. The molecular formula is C24H23N3O4S. The Morgan fingerprint density at radius 1 is 0.906 bits per heavy atom. The third kappa shape index (κ3) is 5.53. The summed E-state index contributed by atoms with van der Waals surface area (Å²) in [7, 11) is 0. The highest BCUT2D eigenvalue weighted by Crippen LogP contribution is 2.22. The number of anilines is 2. The fourth-order valence-electron chi connectivity index (χ4n) is 3.48. The van der Waals surface area contributed by atoms with Gasteiger partial charge in [-0.05, 0) is 60.7 Å². The fraction of sp³-hybridized carbons (Fsp3) is 0.208. The number of hydrogen-bond donors (Lipinski definition) is 2. The highest BCUT2D eigenvalue weighted by atomic mass is 32.1. The van der Waals surface area contributed by atoms with Gasteiger partial charge in [-0.1, -0.05) is 24.3 Å². The Hall–Kier alpha value is -3.65.